The van der Waals surface area contributed by atoms with E-state index in [9.17, 15) is 18.8 Å². The van der Waals surface area contributed by atoms with Crippen LogP contribution in [0, 0.1) is 17.2 Å². The predicted octanol–water partition coefficient (Wildman–Crippen LogP) is 5.01. The number of benzene rings is 1. The summed E-state index contributed by atoms with van der Waals surface area (Å²) in [7, 11) is 0. The van der Waals surface area contributed by atoms with Crippen molar-refractivity contribution in [2.45, 2.75) is 136 Å². The molecule has 3 N–H and O–H groups in total. The Morgan fingerprint density at radius 2 is 1.51 bits per heavy atom. The molecule has 8 nitrogen and oxygen atoms in total. The van der Waals surface area contributed by atoms with Gasteiger partial charge in [-0.1, -0.05) is 31.4 Å². The first kappa shape index (κ1) is 33.2. The topological polar surface area (TPSA) is 93.8 Å². The number of halogens is 1. The van der Waals surface area contributed by atoms with Crippen molar-refractivity contribution in [3.8, 4) is 0 Å². The lowest BCUT2D eigenvalue weighted by molar-refractivity contribution is -0.147. The van der Waals surface area contributed by atoms with Crippen molar-refractivity contribution in [1.29, 1.82) is 0 Å². The summed E-state index contributed by atoms with van der Waals surface area (Å²) in [4.78, 5) is 45.5. The molecule has 0 radical (unpaired) electrons. The zero-order valence-corrected chi connectivity index (χ0v) is 27.3. The van der Waals surface area contributed by atoms with Crippen LogP contribution in [0.4, 0.5) is 9.18 Å². The third kappa shape index (κ3) is 7.70. The molecule has 1 aromatic rings. The van der Waals surface area contributed by atoms with Gasteiger partial charge >= 0.3 is 6.03 Å². The van der Waals surface area contributed by atoms with Crippen molar-refractivity contribution in [1.82, 2.24) is 25.8 Å². The fourth-order valence-corrected chi connectivity index (χ4v) is 7.48. The van der Waals surface area contributed by atoms with E-state index in [2.05, 4.69) is 29.8 Å². The molecule has 4 unspecified atom stereocenters. The lowest BCUT2D eigenvalue weighted by Crippen LogP contribution is -2.68. The fraction of sp³-hybridized carbons (Fsp3) is 0.735. The molecule has 240 valence electrons. The molecule has 0 bridgehead atoms. The SMILES string of the molecule is CC1NC(C)C(C)N(C(=O)N[C@H](Cc2ccc(F)cc2)C(=O)N2CCC(C(=O)NC(C)(C)C)(C3CCCCC3)CC2)C1C. The largest absolute Gasteiger partial charge is 0.351 e. The Balaban J connectivity index is 1.54. The smallest absolute Gasteiger partial charge is 0.318 e. The summed E-state index contributed by atoms with van der Waals surface area (Å²) < 4.78 is 13.7. The van der Waals surface area contributed by atoms with Gasteiger partial charge in [0.1, 0.15) is 11.9 Å². The van der Waals surface area contributed by atoms with Crippen LogP contribution in [0.2, 0.25) is 0 Å². The quantitative estimate of drug-likeness (QED) is 0.429. The number of hydrogen-bond donors (Lipinski definition) is 3. The molecule has 9 heteroatoms. The Hall–Kier alpha value is -2.68. The summed E-state index contributed by atoms with van der Waals surface area (Å²) >= 11 is 0. The van der Waals surface area contributed by atoms with Crippen molar-refractivity contribution >= 4 is 17.8 Å². The van der Waals surface area contributed by atoms with Crippen LogP contribution in [0.25, 0.3) is 0 Å². The highest BCUT2D eigenvalue weighted by Crippen LogP contribution is 2.46. The zero-order valence-electron chi connectivity index (χ0n) is 27.3. The molecule has 1 aromatic carbocycles. The maximum Gasteiger partial charge on any atom is 0.318 e. The summed E-state index contributed by atoms with van der Waals surface area (Å²) in [6.45, 7) is 15.2. The van der Waals surface area contributed by atoms with Gasteiger partial charge in [0.25, 0.3) is 0 Å². The molecule has 0 aromatic heterocycles. The number of likely N-dealkylation sites (tertiary alicyclic amines) is 1. The van der Waals surface area contributed by atoms with Crippen LogP contribution in [0.15, 0.2) is 24.3 Å². The van der Waals surface area contributed by atoms with Gasteiger partial charge in [0.05, 0.1) is 5.41 Å². The van der Waals surface area contributed by atoms with Crippen LogP contribution >= 0.6 is 0 Å². The van der Waals surface area contributed by atoms with Gasteiger partial charge in [0.15, 0.2) is 0 Å². The van der Waals surface area contributed by atoms with E-state index in [1.54, 1.807) is 12.1 Å². The molecule has 5 atom stereocenters. The molecule has 43 heavy (non-hydrogen) atoms. The first-order valence-electron chi connectivity index (χ1n) is 16.4. The second-order valence-electron chi connectivity index (χ2n) is 14.5. The molecule has 2 heterocycles. The minimum absolute atomic E-state index is 0.0554. The average molecular weight is 600 g/mol. The maximum absolute atomic E-state index is 14.2. The highest BCUT2D eigenvalue weighted by Gasteiger charge is 2.49. The van der Waals surface area contributed by atoms with Gasteiger partial charge in [0, 0.05) is 49.2 Å². The number of rotatable bonds is 6. The van der Waals surface area contributed by atoms with Crippen LogP contribution in [0.3, 0.4) is 0 Å². The van der Waals surface area contributed by atoms with Crippen molar-refractivity contribution in [3.63, 3.8) is 0 Å². The van der Waals surface area contributed by atoms with E-state index in [4.69, 9.17) is 0 Å². The van der Waals surface area contributed by atoms with Crippen LogP contribution < -0.4 is 16.0 Å². The molecule has 0 spiro atoms. The molecule has 4 amide bonds. The van der Waals surface area contributed by atoms with E-state index in [1.807, 2.05) is 44.4 Å². The molecule has 3 aliphatic rings. The second-order valence-corrected chi connectivity index (χ2v) is 14.5. The van der Waals surface area contributed by atoms with E-state index in [1.165, 1.54) is 18.6 Å². The zero-order chi connectivity index (χ0) is 31.5. The van der Waals surface area contributed by atoms with Crippen molar-refractivity contribution in [3.05, 3.63) is 35.6 Å². The minimum Gasteiger partial charge on any atom is -0.351 e. The number of amides is 4. The molecule has 1 saturated carbocycles. The van der Waals surface area contributed by atoms with Crippen molar-refractivity contribution < 1.29 is 18.8 Å². The van der Waals surface area contributed by atoms with Gasteiger partial charge in [-0.05, 0) is 97.8 Å². The van der Waals surface area contributed by atoms with Gasteiger partial charge in [-0.25, -0.2) is 9.18 Å². The van der Waals surface area contributed by atoms with Gasteiger partial charge < -0.3 is 25.8 Å². The normalized spacial score (nSPS) is 27.3. The third-order valence-electron chi connectivity index (χ3n) is 10.3. The molecular formula is C34H54FN5O3. The fourth-order valence-electron chi connectivity index (χ4n) is 7.48. The number of nitrogens with one attached hydrogen (secondary N) is 3. The summed E-state index contributed by atoms with van der Waals surface area (Å²) in [6.07, 6.45) is 7.09. The Labute approximate surface area is 257 Å². The monoisotopic (exact) mass is 599 g/mol. The first-order valence-corrected chi connectivity index (χ1v) is 16.4. The minimum atomic E-state index is -0.802. The molecule has 4 rings (SSSR count). The lowest BCUT2D eigenvalue weighted by atomic mass is 9.63. The number of urea groups is 1. The van der Waals surface area contributed by atoms with E-state index in [0.29, 0.717) is 31.8 Å². The van der Waals surface area contributed by atoms with Crippen LogP contribution in [-0.2, 0) is 16.0 Å². The standard InChI is InChI=1S/C34H54FN5O3/c1-22-24(3)40(25(4)23(2)36-22)32(43)37-29(21-26-13-15-28(35)16-14-26)30(41)39-19-17-34(18-20-39,27-11-9-8-10-12-27)31(42)38-33(5,6)7/h13-16,22-25,27,29,36H,8-12,17-21H2,1-7H3,(H,37,43)(H,38,42)/t22?,23?,24?,25?,29-/m1/s1. The molecule has 1 aliphatic carbocycles. The Morgan fingerprint density at radius 1 is 0.953 bits per heavy atom. The highest BCUT2D eigenvalue weighted by molar-refractivity contribution is 5.88. The Kier molecular flexibility index (Phi) is 10.5. The van der Waals surface area contributed by atoms with Crippen molar-refractivity contribution in [2.24, 2.45) is 11.3 Å². The van der Waals surface area contributed by atoms with Crippen LogP contribution in [-0.4, -0.2) is 76.5 Å². The van der Waals surface area contributed by atoms with Crippen molar-refractivity contribution in [2.75, 3.05) is 13.1 Å². The highest BCUT2D eigenvalue weighted by atomic mass is 19.1. The molecule has 2 aliphatic heterocycles. The molecule has 3 fully saturated rings. The van der Waals surface area contributed by atoms with E-state index >= 15 is 0 Å². The van der Waals surface area contributed by atoms with Crippen LogP contribution in [0.1, 0.15) is 99.0 Å². The van der Waals surface area contributed by atoms with E-state index in [-0.39, 0.29) is 59.8 Å². The lowest BCUT2D eigenvalue weighted by Gasteiger charge is -2.48. The summed E-state index contributed by atoms with van der Waals surface area (Å²) in [5, 5.41) is 9.88. The summed E-state index contributed by atoms with van der Waals surface area (Å²) in [5.41, 5.74) is -0.0389. The third-order valence-corrected chi connectivity index (χ3v) is 10.3. The number of nitrogens with zero attached hydrogens (tertiary/aromatic N) is 2. The first-order chi connectivity index (χ1) is 20.2. The van der Waals surface area contributed by atoms with E-state index < -0.39 is 11.5 Å². The van der Waals surface area contributed by atoms with Gasteiger partial charge in [-0.3, -0.25) is 9.59 Å². The van der Waals surface area contributed by atoms with Gasteiger partial charge in [-0.15, -0.1) is 0 Å². The number of hydrogen-bond acceptors (Lipinski definition) is 4. The van der Waals surface area contributed by atoms with Crippen LogP contribution in [0.5, 0.6) is 0 Å². The molecular weight excluding hydrogens is 545 g/mol. The number of piperidine rings is 1. The summed E-state index contributed by atoms with van der Waals surface area (Å²) in [5.74, 6) is -0.0660. The number of piperazine rings is 1. The predicted molar refractivity (Wildman–Crippen MR) is 168 cm³/mol. The second kappa shape index (κ2) is 13.5. The number of carbonyl (C=O) groups is 3. The van der Waals surface area contributed by atoms with Gasteiger partial charge in [0.2, 0.25) is 11.8 Å². The van der Waals surface area contributed by atoms with E-state index in [0.717, 1.165) is 31.2 Å². The average Bonchev–Trinajstić information content (AvgIpc) is 2.96. The van der Waals surface area contributed by atoms with Gasteiger partial charge in [-0.2, -0.15) is 0 Å². The number of carbonyl (C=O) groups excluding carboxylic acids is 3. The summed E-state index contributed by atoms with van der Waals surface area (Å²) in [6, 6.07) is 5.15. The Morgan fingerprint density at radius 3 is 2.05 bits per heavy atom. The maximum atomic E-state index is 14.2. The Bertz CT molecular complexity index is 1110. The molecule has 2 saturated heterocycles.